The van der Waals surface area contributed by atoms with Crippen LogP contribution in [-0.2, 0) is 17.7 Å². The van der Waals surface area contributed by atoms with E-state index in [1.54, 1.807) is 11.6 Å². The molecule has 0 radical (unpaired) electrons. The van der Waals surface area contributed by atoms with E-state index in [2.05, 4.69) is 22.2 Å². The lowest BCUT2D eigenvalue weighted by Gasteiger charge is -2.16. The largest absolute Gasteiger partial charge is 0.390 e. The van der Waals surface area contributed by atoms with Gasteiger partial charge < -0.3 is 9.84 Å². The summed E-state index contributed by atoms with van der Waals surface area (Å²) in [7, 11) is 0. The summed E-state index contributed by atoms with van der Waals surface area (Å²) in [4.78, 5) is 25.8. The van der Waals surface area contributed by atoms with E-state index in [4.69, 9.17) is 4.74 Å². The molecule has 9 heteroatoms. The van der Waals surface area contributed by atoms with Crippen LogP contribution in [0, 0.1) is 6.92 Å². The minimum Gasteiger partial charge on any atom is -0.390 e. The lowest BCUT2D eigenvalue weighted by atomic mass is 10.1. The van der Waals surface area contributed by atoms with E-state index in [9.17, 15) is 14.7 Å². The molecule has 3 rings (SSSR count). The molecular weight excluding hydrogens is 350 g/mol. The first-order valence-electron chi connectivity index (χ1n) is 9.52. The number of ether oxygens (including phenoxy) is 1. The molecule has 0 saturated carbocycles. The minimum atomic E-state index is -0.730. The molecule has 1 aliphatic rings. The van der Waals surface area contributed by atoms with Crippen LogP contribution in [0.15, 0.2) is 22.0 Å². The molecule has 1 fully saturated rings. The fraction of sp³-hybridized carbons (Fsp3) is 0.667. The van der Waals surface area contributed by atoms with Crippen LogP contribution in [0.25, 0.3) is 0 Å². The summed E-state index contributed by atoms with van der Waals surface area (Å²) in [6.45, 7) is 4.16. The van der Waals surface area contributed by atoms with Gasteiger partial charge in [0.15, 0.2) is 0 Å². The molecule has 1 aliphatic heterocycles. The first-order chi connectivity index (χ1) is 13.0. The van der Waals surface area contributed by atoms with Gasteiger partial charge in [0.05, 0.1) is 18.3 Å². The van der Waals surface area contributed by atoms with E-state index in [0.29, 0.717) is 12.1 Å². The van der Waals surface area contributed by atoms with Crippen molar-refractivity contribution in [3.63, 3.8) is 0 Å². The lowest BCUT2D eigenvalue weighted by molar-refractivity contribution is -0.0302. The van der Waals surface area contributed by atoms with Crippen molar-refractivity contribution >= 4 is 0 Å². The topological polar surface area (TPSA) is 115 Å². The fourth-order valence-corrected chi connectivity index (χ4v) is 3.31. The SMILES string of the molecule is CCCCCCc1cn(CC2OC(n3cc(C)c(=O)[nH]c3=O)C[C@H]2O)nn1. The zero-order chi connectivity index (χ0) is 19.4. The lowest BCUT2D eigenvalue weighted by Crippen LogP contribution is -2.33. The van der Waals surface area contributed by atoms with Crippen molar-refractivity contribution in [2.45, 2.75) is 77.4 Å². The molecule has 2 aromatic heterocycles. The number of aryl methyl sites for hydroxylation is 2. The van der Waals surface area contributed by atoms with Gasteiger partial charge >= 0.3 is 5.69 Å². The zero-order valence-electron chi connectivity index (χ0n) is 15.8. The van der Waals surface area contributed by atoms with Gasteiger partial charge in [-0.1, -0.05) is 31.4 Å². The molecule has 0 bridgehead atoms. The number of H-pyrrole nitrogens is 1. The van der Waals surface area contributed by atoms with Gasteiger partial charge in [-0.3, -0.25) is 14.3 Å². The van der Waals surface area contributed by atoms with Crippen molar-refractivity contribution in [1.29, 1.82) is 0 Å². The van der Waals surface area contributed by atoms with Crippen molar-refractivity contribution in [1.82, 2.24) is 24.5 Å². The Morgan fingerprint density at radius 1 is 1.30 bits per heavy atom. The van der Waals surface area contributed by atoms with Gasteiger partial charge in [0, 0.05) is 24.4 Å². The van der Waals surface area contributed by atoms with Gasteiger partial charge in [0.2, 0.25) is 0 Å². The van der Waals surface area contributed by atoms with Crippen molar-refractivity contribution in [2.24, 2.45) is 0 Å². The Morgan fingerprint density at radius 3 is 2.89 bits per heavy atom. The number of aliphatic hydroxyl groups excluding tert-OH is 1. The number of nitrogens with zero attached hydrogens (tertiary/aromatic N) is 4. The Labute approximate surface area is 157 Å². The van der Waals surface area contributed by atoms with Crippen molar-refractivity contribution in [3.8, 4) is 0 Å². The number of aliphatic hydroxyl groups is 1. The van der Waals surface area contributed by atoms with Crippen LogP contribution in [0.4, 0.5) is 0 Å². The number of hydrogen-bond donors (Lipinski definition) is 2. The van der Waals surface area contributed by atoms with Crippen molar-refractivity contribution < 1.29 is 9.84 Å². The van der Waals surface area contributed by atoms with Crippen LogP contribution in [0.1, 0.15) is 56.5 Å². The Hall–Kier alpha value is -2.26. The molecule has 2 aromatic rings. The summed E-state index contributed by atoms with van der Waals surface area (Å²) < 4.78 is 8.86. The van der Waals surface area contributed by atoms with Gasteiger partial charge in [-0.05, 0) is 19.8 Å². The third-order valence-corrected chi connectivity index (χ3v) is 4.90. The molecule has 2 N–H and O–H groups in total. The molecule has 0 spiro atoms. The average Bonchev–Trinajstić information content (AvgIpc) is 3.22. The molecule has 9 nitrogen and oxygen atoms in total. The van der Waals surface area contributed by atoms with Crippen LogP contribution in [0.2, 0.25) is 0 Å². The van der Waals surface area contributed by atoms with Crippen molar-refractivity contribution in [3.05, 3.63) is 44.5 Å². The van der Waals surface area contributed by atoms with Crippen molar-refractivity contribution in [2.75, 3.05) is 0 Å². The molecule has 0 aliphatic carbocycles. The highest BCUT2D eigenvalue weighted by atomic mass is 16.5. The molecule has 1 saturated heterocycles. The second-order valence-corrected chi connectivity index (χ2v) is 7.15. The minimum absolute atomic E-state index is 0.272. The second-order valence-electron chi connectivity index (χ2n) is 7.15. The third kappa shape index (κ3) is 4.72. The van der Waals surface area contributed by atoms with Crippen LogP contribution in [0.3, 0.4) is 0 Å². The van der Waals surface area contributed by atoms with Crippen LogP contribution in [-0.4, -0.2) is 41.9 Å². The number of aromatic amines is 1. The Morgan fingerprint density at radius 2 is 2.11 bits per heavy atom. The number of hydrogen-bond acceptors (Lipinski definition) is 6. The van der Waals surface area contributed by atoms with Gasteiger partial charge in [-0.15, -0.1) is 5.10 Å². The maximum absolute atomic E-state index is 12.0. The molecule has 148 valence electrons. The summed E-state index contributed by atoms with van der Waals surface area (Å²) in [5.41, 5.74) is 0.391. The maximum Gasteiger partial charge on any atom is 0.330 e. The smallest absolute Gasteiger partial charge is 0.330 e. The summed E-state index contributed by atoms with van der Waals surface area (Å²) in [6, 6.07) is 0. The van der Waals surface area contributed by atoms with E-state index in [1.165, 1.54) is 30.0 Å². The van der Waals surface area contributed by atoms with Gasteiger partial charge in [0.25, 0.3) is 5.56 Å². The highest BCUT2D eigenvalue weighted by Gasteiger charge is 2.36. The zero-order valence-corrected chi connectivity index (χ0v) is 15.8. The standard InChI is InChI=1S/C18H27N5O4/c1-3-4-5-6-7-13-10-22(21-20-13)11-15-14(24)8-16(27-15)23-9-12(2)17(25)19-18(23)26/h9-10,14-16,24H,3-8,11H2,1-2H3,(H,19,25,26)/t14-,15?,16?/m1/s1. The fourth-order valence-electron chi connectivity index (χ4n) is 3.31. The molecule has 27 heavy (non-hydrogen) atoms. The van der Waals surface area contributed by atoms with E-state index in [-0.39, 0.29) is 6.42 Å². The summed E-state index contributed by atoms with van der Waals surface area (Å²) in [5, 5.41) is 18.6. The van der Waals surface area contributed by atoms with Crippen LogP contribution in [0.5, 0.6) is 0 Å². The van der Waals surface area contributed by atoms with Gasteiger partial charge in [0.1, 0.15) is 12.3 Å². The number of aromatic nitrogens is 5. The highest BCUT2D eigenvalue weighted by Crippen LogP contribution is 2.28. The monoisotopic (exact) mass is 377 g/mol. The van der Waals surface area contributed by atoms with E-state index in [0.717, 1.165) is 18.5 Å². The maximum atomic E-state index is 12.0. The predicted octanol–water partition coefficient (Wildman–Crippen LogP) is 0.908. The Kier molecular flexibility index (Phi) is 6.22. The van der Waals surface area contributed by atoms with Gasteiger partial charge in [-0.2, -0.15) is 0 Å². The summed E-state index contributed by atoms with van der Waals surface area (Å²) in [6.07, 6.45) is 7.35. The highest BCUT2D eigenvalue weighted by molar-refractivity contribution is 5.02. The summed E-state index contributed by atoms with van der Waals surface area (Å²) in [5.74, 6) is 0. The number of rotatable bonds is 8. The molecule has 0 aromatic carbocycles. The first-order valence-corrected chi connectivity index (χ1v) is 9.52. The first kappa shape index (κ1) is 19.5. The quantitative estimate of drug-likeness (QED) is 0.661. The van der Waals surface area contributed by atoms with E-state index in [1.807, 2.05) is 6.20 Å². The van der Waals surface area contributed by atoms with E-state index < -0.39 is 29.7 Å². The summed E-state index contributed by atoms with van der Waals surface area (Å²) >= 11 is 0. The molecule has 2 unspecified atom stereocenters. The number of nitrogens with one attached hydrogen (secondary N) is 1. The predicted molar refractivity (Wildman–Crippen MR) is 98.5 cm³/mol. The average molecular weight is 377 g/mol. The molecule has 0 amide bonds. The second kappa shape index (κ2) is 8.62. The van der Waals surface area contributed by atoms with Crippen LogP contribution >= 0.6 is 0 Å². The third-order valence-electron chi connectivity index (χ3n) is 4.90. The molecule has 3 atom stereocenters. The molecular formula is C18H27N5O4. The Balaban J connectivity index is 1.61. The van der Waals surface area contributed by atoms with E-state index >= 15 is 0 Å². The van der Waals surface area contributed by atoms with Crippen LogP contribution < -0.4 is 11.2 Å². The number of unbranched alkanes of at least 4 members (excludes halogenated alkanes) is 3. The Bertz CT molecular complexity index is 871. The van der Waals surface area contributed by atoms with Gasteiger partial charge in [-0.25, -0.2) is 9.48 Å². The molecule has 3 heterocycles. The normalized spacial score (nSPS) is 22.4.